The van der Waals surface area contributed by atoms with E-state index in [1.807, 2.05) is 30.3 Å². The van der Waals surface area contributed by atoms with Gasteiger partial charge in [0.15, 0.2) is 0 Å². The molecule has 0 unspecified atom stereocenters. The molecular formula is C13H17N3O4. The normalized spacial score (nSPS) is 11.3. The Labute approximate surface area is 116 Å². The Morgan fingerprint density at radius 1 is 1.20 bits per heavy atom. The average Bonchev–Trinajstić information content (AvgIpc) is 2.44. The lowest BCUT2D eigenvalue weighted by Gasteiger charge is -2.17. The van der Waals surface area contributed by atoms with E-state index in [2.05, 4.69) is 10.6 Å². The lowest BCUT2D eigenvalue weighted by molar-refractivity contribution is -0.132. The fourth-order valence-electron chi connectivity index (χ4n) is 1.63. The molecule has 0 aliphatic heterocycles. The van der Waals surface area contributed by atoms with Gasteiger partial charge in [0.05, 0.1) is 6.54 Å². The third-order valence-electron chi connectivity index (χ3n) is 2.52. The molecule has 20 heavy (non-hydrogen) atoms. The van der Waals surface area contributed by atoms with Crippen molar-refractivity contribution in [1.29, 1.82) is 0 Å². The van der Waals surface area contributed by atoms with Crippen molar-refractivity contribution in [3.63, 3.8) is 0 Å². The maximum Gasteiger partial charge on any atom is 0.262 e. The summed E-state index contributed by atoms with van der Waals surface area (Å²) in [6.07, 6.45) is 0.312. The number of benzene rings is 1. The fourth-order valence-corrected chi connectivity index (χ4v) is 1.63. The van der Waals surface area contributed by atoms with Gasteiger partial charge in [0.2, 0.25) is 11.8 Å². The maximum atomic E-state index is 11.9. The molecule has 1 aromatic carbocycles. The molecule has 0 bridgehead atoms. The van der Waals surface area contributed by atoms with E-state index in [4.69, 9.17) is 5.21 Å². The Kier molecular flexibility index (Phi) is 6.18. The van der Waals surface area contributed by atoms with Crippen LogP contribution in [0.3, 0.4) is 0 Å². The van der Waals surface area contributed by atoms with Crippen molar-refractivity contribution in [3.8, 4) is 0 Å². The predicted molar refractivity (Wildman–Crippen MR) is 70.7 cm³/mol. The van der Waals surface area contributed by atoms with Crippen molar-refractivity contribution in [2.45, 2.75) is 19.4 Å². The van der Waals surface area contributed by atoms with Crippen molar-refractivity contribution < 1.29 is 19.6 Å². The summed E-state index contributed by atoms with van der Waals surface area (Å²) in [5.41, 5.74) is 2.29. The second kappa shape index (κ2) is 7.90. The third-order valence-corrected chi connectivity index (χ3v) is 2.52. The minimum atomic E-state index is -0.776. The van der Waals surface area contributed by atoms with Gasteiger partial charge in [0.25, 0.3) is 5.91 Å². The van der Waals surface area contributed by atoms with Crippen LogP contribution in [0.1, 0.15) is 12.5 Å². The molecule has 1 aromatic rings. The second-order valence-electron chi connectivity index (χ2n) is 4.20. The van der Waals surface area contributed by atoms with E-state index in [-0.39, 0.29) is 12.5 Å². The number of hydrogen-bond acceptors (Lipinski definition) is 4. The summed E-state index contributed by atoms with van der Waals surface area (Å²) in [6.45, 7) is 0.950. The number of carbonyl (C=O) groups excluding carboxylic acids is 3. The summed E-state index contributed by atoms with van der Waals surface area (Å²) in [5, 5.41) is 13.2. The van der Waals surface area contributed by atoms with Crippen molar-refractivity contribution >= 4 is 17.7 Å². The van der Waals surface area contributed by atoms with Crippen molar-refractivity contribution in [2.75, 3.05) is 6.54 Å². The average molecular weight is 279 g/mol. The van der Waals surface area contributed by atoms with Crippen LogP contribution in [-0.4, -0.2) is 35.5 Å². The van der Waals surface area contributed by atoms with E-state index in [9.17, 15) is 14.4 Å². The zero-order valence-corrected chi connectivity index (χ0v) is 11.1. The summed E-state index contributed by atoms with van der Waals surface area (Å²) in [6, 6.07) is 8.41. The highest BCUT2D eigenvalue weighted by Gasteiger charge is 2.20. The van der Waals surface area contributed by atoms with Gasteiger partial charge in [0.1, 0.15) is 6.04 Å². The summed E-state index contributed by atoms with van der Waals surface area (Å²) in [4.78, 5) is 33.9. The van der Waals surface area contributed by atoms with E-state index in [1.54, 1.807) is 0 Å². The van der Waals surface area contributed by atoms with Gasteiger partial charge >= 0.3 is 0 Å². The van der Waals surface area contributed by atoms with E-state index < -0.39 is 17.9 Å². The highest BCUT2D eigenvalue weighted by atomic mass is 16.5. The first-order valence-corrected chi connectivity index (χ1v) is 6.04. The van der Waals surface area contributed by atoms with Crippen LogP contribution in [0.5, 0.6) is 0 Å². The van der Waals surface area contributed by atoms with E-state index in [0.717, 1.165) is 5.56 Å². The molecule has 4 N–H and O–H groups in total. The molecule has 3 amide bonds. The topological polar surface area (TPSA) is 108 Å². The molecular weight excluding hydrogens is 262 g/mol. The Morgan fingerprint density at radius 3 is 2.40 bits per heavy atom. The predicted octanol–water partition coefficient (Wildman–Crippen LogP) is -0.645. The molecule has 0 fully saturated rings. The third kappa shape index (κ3) is 5.49. The molecule has 0 radical (unpaired) electrons. The minimum absolute atomic E-state index is 0.312. The van der Waals surface area contributed by atoms with Gasteiger partial charge in [-0.05, 0) is 5.56 Å². The van der Waals surface area contributed by atoms with Crippen LogP contribution in [0.4, 0.5) is 0 Å². The van der Waals surface area contributed by atoms with Gasteiger partial charge in [0, 0.05) is 13.3 Å². The van der Waals surface area contributed by atoms with Gasteiger partial charge in [-0.2, -0.15) is 0 Å². The second-order valence-corrected chi connectivity index (χ2v) is 4.20. The van der Waals surface area contributed by atoms with Crippen molar-refractivity contribution in [1.82, 2.24) is 16.1 Å². The Bertz CT molecular complexity index is 476. The van der Waals surface area contributed by atoms with E-state index >= 15 is 0 Å². The van der Waals surface area contributed by atoms with Gasteiger partial charge in [-0.3, -0.25) is 19.6 Å². The molecule has 0 heterocycles. The molecule has 0 aliphatic carbocycles. The molecule has 0 aromatic heterocycles. The standard InChI is InChI=1S/C13H17N3O4/c1-9(17)15-11(7-10-5-3-2-4-6-10)13(19)14-8-12(18)16-20/h2-6,11,20H,7-8H2,1H3,(H,14,19)(H,15,17)(H,16,18)/t11-/m0/s1. The summed E-state index contributed by atoms with van der Waals surface area (Å²) in [7, 11) is 0. The first-order chi connectivity index (χ1) is 9.52. The van der Waals surface area contributed by atoms with Crippen molar-refractivity contribution in [3.05, 3.63) is 35.9 Å². The van der Waals surface area contributed by atoms with Crippen LogP contribution in [0.25, 0.3) is 0 Å². The number of rotatable bonds is 6. The number of nitrogens with one attached hydrogen (secondary N) is 3. The maximum absolute atomic E-state index is 11.9. The zero-order chi connectivity index (χ0) is 15.0. The largest absolute Gasteiger partial charge is 0.345 e. The fraction of sp³-hybridized carbons (Fsp3) is 0.308. The van der Waals surface area contributed by atoms with E-state index in [1.165, 1.54) is 12.4 Å². The number of hydrogen-bond donors (Lipinski definition) is 4. The van der Waals surface area contributed by atoms with E-state index in [0.29, 0.717) is 6.42 Å². The SMILES string of the molecule is CC(=O)N[C@@H](Cc1ccccc1)C(=O)NCC(=O)NO. The van der Waals surface area contributed by atoms with Crippen LogP contribution in [0.15, 0.2) is 30.3 Å². The molecule has 7 nitrogen and oxygen atoms in total. The summed E-state index contributed by atoms with van der Waals surface area (Å²) < 4.78 is 0. The summed E-state index contributed by atoms with van der Waals surface area (Å²) >= 11 is 0. The molecule has 0 aliphatic rings. The number of carbonyl (C=O) groups is 3. The molecule has 0 saturated carbocycles. The van der Waals surface area contributed by atoms with Crippen LogP contribution in [0.2, 0.25) is 0 Å². The highest BCUT2D eigenvalue weighted by molar-refractivity contribution is 5.90. The number of amides is 3. The molecule has 1 atom stereocenters. The lowest BCUT2D eigenvalue weighted by Crippen LogP contribution is -2.49. The minimum Gasteiger partial charge on any atom is -0.345 e. The Balaban J connectivity index is 2.66. The zero-order valence-electron chi connectivity index (χ0n) is 11.1. The quantitative estimate of drug-likeness (QED) is 0.410. The van der Waals surface area contributed by atoms with Gasteiger partial charge in [-0.25, -0.2) is 5.48 Å². The smallest absolute Gasteiger partial charge is 0.262 e. The number of hydroxylamine groups is 1. The molecule has 108 valence electrons. The first kappa shape index (κ1) is 15.6. The molecule has 0 spiro atoms. The first-order valence-electron chi connectivity index (χ1n) is 6.04. The van der Waals surface area contributed by atoms with Crippen LogP contribution < -0.4 is 16.1 Å². The monoisotopic (exact) mass is 279 g/mol. The van der Waals surface area contributed by atoms with Gasteiger partial charge in [-0.1, -0.05) is 30.3 Å². The van der Waals surface area contributed by atoms with Gasteiger partial charge < -0.3 is 10.6 Å². The van der Waals surface area contributed by atoms with Crippen molar-refractivity contribution in [2.24, 2.45) is 0 Å². The Morgan fingerprint density at radius 2 is 1.85 bits per heavy atom. The van der Waals surface area contributed by atoms with Crippen LogP contribution >= 0.6 is 0 Å². The summed E-state index contributed by atoms with van der Waals surface area (Å²) in [5.74, 6) is -1.57. The highest BCUT2D eigenvalue weighted by Crippen LogP contribution is 2.03. The van der Waals surface area contributed by atoms with Crippen LogP contribution in [-0.2, 0) is 20.8 Å². The van der Waals surface area contributed by atoms with Gasteiger partial charge in [-0.15, -0.1) is 0 Å². The molecule has 7 heteroatoms. The van der Waals surface area contributed by atoms with Crippen LogP contribution in [0, 0.1) is 0 Å². The molecule has 0 saturated heterocycles. The molecule has 1 rings (SSSR count). The lowest BCUT2D eigenvalue weighted by atomic mass is 10.1. The Hall–Kier alpha value is -2.41.